The van der Waals surface area contributed by atoms with Gasteiger partial charge in [-0.3, -0.25) is 9.78 Å². The van der Waals surface area contributed by atoms with Crippen LogP contribution >= 0.6 is 0 Å². The van der Waals surface area contributed by atoms with E-state index in [0.29, 0.717) is 30.8 Å². The summed E-state index contributed by atoms with van der Waals surface area (Å²) in [6.45, 7) is 1.16. The van der Waals surface area contributed by atoms with Gasteiger partial charge >= 0.3 is 5.97 Å². The molecule has 6 heteroatoms. The zero-order chi connectivity index (χ0) is 16.5. The van der Waals surface area contributed by atoms with Crippen LogP contribution in [0.15, 0.2) is 48.7 Å². The van der Waals surface area contributed by atoms with E-state index in [1.54, 1.807) is 30.5 Å². The van der Waals surface area contributed by atoms with Crippen LogP contribution in [0, 0.1) is 0 Å². The number of anilines is 1. The lowest BCUT2D eigenvalue weighted by Crippen LogP contribution is -2.22. The van der Waals surface area contributed by atoms with E-state index < -0.39 is 5.97 Å². The summed E-state index contributed by atoms with van der Waals surface area (Å²) < 4.78 is 4.65. The number of rotatable bonds is 7. The van der Waals surface area contributed by atoms with Gasteiger partial charge in [0, 0.05) is 31.4 Å². The van der Waals surface area contributed by atoms with Gasteiger partial charge in [0.05, 0.1) is 18.4 Å². The number of methoxy groups -OCH3 is 1. The number of aromatic nitrogens is 1. The summed E-state index contributed by atoms with van der Waals surface area (Å²) in [6.07, 6.45) is 2.06. The molecular weight excluding hydrogens is 294 g/mol. The lowest BCUT2D eigenvalue weighted by molar-refractivity contribution is -0.116. The van der Waals surface area contributed by atoms with E-state index in [4.69, 9.17) is 0 Å². The second kappa shape index (κ2) is 8.65. The van der Waals surface area contributed by atoms with Crippen LogP contribution in [0.2, 0.25) is 0 Å². The maximum Gasteiger partial charge on any atom is 0.337 e. The highest BCUT2D eigenvalue weighted by Gasteiger charge is 2.07. The number of ether oxygens (including phenoxy) is 1. The standard InChI is InChI=1S/C17H19N3O3/c1-23-17(22)13-5-4-7-14(11-13)20-16(21)8-10-18-12-15-6-2-3-9-19-15/h2-7,9,11,18H,8,10,12H2,1H3,(H,20,21). The molecule has 0 aliphatic carbocycles. The Morgan fingerprint density at radius 2 is 2.04 bits per heavy atom. The van der Waals surface area contributed by atoms with Crippen molar-refractivity contribution in [2.24, 2.45) is 0 Å². The van der Waals surface area contributed by atoms with Gasteiger partial charge in [0.15, 0.2) is 0 Å². The molecule has 0 atom stereocenters. The molecule has 1 amide bonds. The van der Waals surface area contributed by atoms with Crippen LogP contribution in [0.3, 0.4) is 0 Å². The van der Waals surface area contributed by atoms with E-state index in [1.165, 1.54) is 7.11 Å². The Balaban J connectivity index is 1.75. The van der Waals surface area contributed by atoms with Gasteiger partial charge in [-0.05, 0) is 30.3 Å². The molecule has 2 aromatic rings. The monoisotopic (exact) mass is 313 g/mol. The Labute approximate surface area is 134 Å². The van der Waals surface area contributed by atoms with Crippen molar-refractivity contribution in [3.05, 3.63) is 59.9 Å². The fraction of sp³-hybridized carbons (Fsp3) is 0.235. The minimum Gasteiger partial charge on any atom is -0.465 e. The zero-order valence-corrected chi connectivity index (χ0v) is 12.9. The zero-order valence-electron chi connectivity index (χ0n) is 12.9. The molecule has 23 heavy (non-hydrogen) atoms. The summed E-state index contributed by atoms with van der Waals surface area (Å²) in [5.74, 6) is -0.557. The summed E-state index contributed by atoms with van der Waals surface area (Å²) in [7, 11) is 1.32. The molecule has 2 rings (SSSR count). The molecule has 0 saturated heterocycles. The quantitative estimate of drug-likeness (QED) is 0.603. The predicted molar refractivity (Wildman–Crippen MR) is 87.0 cm³/mol. The Morgan fingerprint density at radius 1 is 1.17 bits per heavy atom. The highest BCUT2D eigenvalue weighted by Crippen LogP contribution is 2.11. The molecule has 0 saturated carbocycles. The maximum absolute atomic E-state index is 11.9. The van der Waals surface area contributed by atoms with Gasteiger partial charge in [-0.15, -0.1) is 0 Å². The van der Waals surface area contributed by atoms with Crippen molar-refractivity contribution in [3.8, 4) is 0 Å². The number of hydrogen-bond acceptors (Lipinski definition) is 5. The summed E-state index contributed by atoms with van der Waals surface area (Å²) in [4.78, 5) is 27.5. The van der Waals surface area contributed by atoms with Gasteiger partial charge in [0.2, 0.25) is 5.91 Å². The minimum absolute atomic E-state index is 0.125. The molecule has 6 nitrogen and oxygen atoms in total. The molecule has 1 aromatic carbocycles. The van der Waals surface area contributed by atoms with Crippen LogP contribution in [0.5, 0.6) is 0 Å². The maximum atomic E-state index is 11.9. The van der Waals surface area contributed by atoms with Crippen molar-refractivity contribution >= 4 is 17.6 Å². The second-order valence-corrected chi connectivity index (χ2v) is 4.87. The van der Waals surface area contributed by atoms with Gasteiger partial charge in [-0.2, -0.15) is 0 Å². The first-order valence-corrected chi connectivity index (χ1v) is 7.28. The molecule has 0 unspecified atom stereocenters. The number of nitrogens with one attached hydrogen (secondary N) is 2. The smallest absolute Gasteiger partial charge is 0.337 e. The highest BCUT2D eigenvalue weighted by atomic mass is 16.5. The van der Waals surface area contributed by atoms with Crippen LogP contribution in [0.25, 0.3) is 0 Å². The number of amides is 1. The Kier molecular flexibility index (Phi) is 6.26. The van der Waals surface area contributed by atoms with E-state index in [1.807, 2.05) is 18.2 Å². The van der Waals surface area contributed by atoms with E-state index in [2.05, 4.69) is 20.4 Å². The van der Waals surface area contributed by atoms with E-state index >= 15 is 0 Å². The molecule has 0 fully saturated rings. The normalized spacial score (nSPS) is 10.1. The summed E-state index contributed by atoms with van der Waals surface area (Å²) in [5, 5.41) is 5.92. The third-order valence-electron chi connectivity index (χ3n) is 3.13. The number of esters is 1. The Bertz CT molecular complexity index is 659. The SMILES string of the molecule is COC(=O)c1cccc(NC(=O)CCNCc2ccccn2)c1. The molecule has 0 aliphatic heterocycles. The van der Waals surface area contributed by atoms with Crippen molar-refractivity contribution in [2.75, 3.05) is 19.0 Å². The number of hydrogen-bond donors (Lipinski definition) is 2. The van der Waals surface area contributed by atoms with Crippen molar-refractivity contribution in [1.82, 2.24) is 10.3 Å². The molecule has 0 aliphatic rings. The van der Waals surface area contributed by atoms with Gasteiger partial charge in [0.1, 0.15) is 0 Å². The largest absolute Gasteiger partial charge is 0.465 e. The number of carbonyl (C=O) groups excluding carboxylic acids is 2. The molecule has 1 aromatic heterocycles. The van der Waals surface area contributed by atoms with Gasteiger partial charge in [-0.25, -0.2) is 4.79 Å². The molecule has 0 radical (unpaired) electrons. The average Bonchev–Trinajstić information content (AvgIpc) is 2.59. The Morgan fingerprint density at radius 3 is 2.78 bits per heavy atom. The third-order valence-corrected chi connectivity index (χ3v) is 3.13. The number of nitrogens with zero attached hydrogens (tertiary/aromatic N) is 1. The Hall–Kier alpha value is -2.73. The number of pyridine rings is 1. The first-order valence-electron chi connectivity index (χ1n) is 7.28. The van der Waals surface area contributed by atoms with Gasteiger partial charge in [-0.1, -0.05) is 12.1 Å². The van der Waals surface area contributed by atoms with Gasteiger partial charge < -0.3 is 15.4 Å². The lowest BCUT2D eigenvalue weighted by Gasteiger charge is -2.07. The van der Waals surface area contributed by atoms with Crippen molar-refractivity contribution in [1.29, 1.82) is 0 Å². The lowest BCUT2D eigenvalue weighted by atomic mass is 10.2. The second-order valence-electron chi connectivity index (χ2n) is 4.87. The summed E-state index contributed by atoms with van der Waals surface area (Å²) in [6, 6.07) is 12.4. The summed E-state index contributed by atoms with van der Waals surface area (Å²) in [5.41, 5.74) is 1.90. The first-order chi connectivity index (χ1) is 11.2. The molecule has 120 valence electrons. The number of carbonyl (C=O) groups is 2. The first kappa shape index (κ1) is 16.6. The van der Waals surface area contributed by atoms with Crippen LogP contribution in [0.1, 0.15) is 22.5 Å². The van der Waals surface area contributed by atoms with Crippen molar-refractivity contribution < 1.29 is 14.3 Å². The average molecular weight is 313 g/mol. The van der Waals surface area contributed by atoms with Crippen molar-refractivity contribution in [3.63, 3.8) is 0 Å². The fourth-order valence-electron chi connectivity index (χ4n) is 1.99. The van der Waals surface area contributed by atoms with E-state index in [-0.39, 0.29) is 5.91 Å². The van der Waals surface area contributed by atoms with E-state index in [9.17, 15) is 9.59 Å². The fourth-order valence-corrected chi connectivity index (χ4v) is 1.99. The molecule has 2 N–H and O–H groups in total. The topological polar surface area (TPSA) is 80.3 Å². The highest BCUT2D eigenvalue weighted by molar-refractivity contribution is 5.94. The number of benzene rings is 1. The van der Waals surface area contributed by atoms with Crippen molar-refractivity contribution in [2.45, 2.75) is 13.0 Å². The van der Waals surface area contributed by atoms with Crippen LogP contribution in [-0.4, -0.2) is 30.5 Å². The minimum atomic E-state index is -0.432. The third kappa shape index (κ3) is 5.52. The van der Waals surface area contributed by atoms with Gasteiger partial charge in [0.25, 0.3) is 0 Å². The van der Waals surface area contributed by atoms with Crippen LogP contribution < -0.4 is 10.6 Å². The van der Waals surface area contributed by atoms with Crippen LogP contribution in [0.4, 0.5) is 5.69 Å². The molecule has 1 heterocycles. The van der Waals surface area contributed by atoms with E-state index in [0.717, 1.165) is 5.69 Å². The molecule has 0 spiro atoms. The molecule has 0 bridgehead atoms. The predicted octanol–water partition coefficient (Wildman–Crippen LogP) is 1.99. The molecular formula is C17H19N3O3. The van der Waals surface area contributed by atoms with Crippen LogP contribution in [-0.2, 0) is 16.1 Å². The summed E-state index contributed by atoms with van der Waals surface area (Å²) >= 11 is 0.